The maximum atomic E-state index is 10.3. The van der Waals surface area contributed by atoms with Crippen molar-refractivity contribution in [1.82, 2.24) is 0 Å². The summed E-state index contributed by atoms with van der Waals surface area (Å²) in [5, 5.41) is 10.3. The molecule has 0 aromatic heterocycles. The van der Waals surface area contributed by atoms with Crippen LogP contribution in [-0.4, -0.2) is 5.11 Å². The lowest BCUT2D eigenvalue weighted by molar-refractivity contribution is 0.125. The minimum atomic E-state index is -0.271. The summed E-state index contributed by atoms with van der Waals surface area (Å²) in [6.07, 6.45) is 6.32. The molecular formula is C15H19BrO. The number of halogens is 1. The van der Waals surface area contributed by atoms with Gasteiger partial charge in [0, 0.05) is 4.47 Å². The molecule has 92 valence electrons. The Morgan fingerprint density at radius 1 is 1.18 bits per heavy atom. The summed E-state index contributed by atoms with van der Waals surface area (Å²) in [6.45, 7) is 0. The predicted molar refractivity (Wildman–Crippen MR) is 72.7 cm³/mol. The fourth-order valence-corrected chi connectivity index (χ4v) is 4.04. The number of aliphatic hydroxyl groups is 1. The highest BCUT2D eigenvalue weighted by Gasteiger charge is 2.39. The first-order valence-corrected chi connectivity index (χ1v) is 7.45. The highest BCUT2D eigenvalue weighted by atomic mass is 79.9. The van der Waals surface area contributed by atoms with Crippen LogP contribution in [0.2, 0.25) is 0 Å². The quantitative estimate of drug-likeness (QED) is 0.881. The van der Waals surface area contributed by atoms with Crippen molar-refractivity contribution in [3.63, 3.8) is 0 Å². The lowest BCUT2D eigenvalue weighted by Gasteiger charge is -2.24. The van der Waals surface area contributed by atoms with Crippen molar-refractivity contribution in [2.45, 2.75) is 38.2 Å². The molecule has 4 unspecified atom stereocenters. The monoisotopic (exact) mass is 294 g/mol. The fourth-order valence-electron chi connectivity index (χ4n) is 3.77. The number of benzene rings is 1. The van der Waals surface area contributed by atoms with E-state index in [9.17, 15) is 5.11 Å². The Kier molecular flexibility index (Phi) is 3.27. The fraction of sp³-hybridized carbons (Fsp3) is 0.600. The molecule has 0 spiro atoms. The second kappa shape index (κ2) is 4.74. The summed E-state index contributed by atoms with van der Waals surface area (Å²) in [6, 6.07) is 8.09. The zero-order chi connectivity index (χ0) is 11.8. The second-order valence-electron chi connectivity index (χ2n) is 5.74. The molecule has 2 bridgehead atoms. The van der Waals surface area contributed by atoms with Gasteiger partial charge in [-0.15, -0.1) is 0 Å². The summed E-state index contributed by atoms with van der Waals surface area (Å²) in [5.41, 5.74) is 1.07. The summed E-state index contributed by atoms with van der Waals surface area (Å²) >= 11 is 3.43. The second-order valence-corrected chi connectivity index (χ2v) is 6.65. The maximum Gasteiger partial charge on any atom is 0.0792 e. The van der Waals surface area contributed by atoms with Gasteiger partial charge in [0.1, 0.15) is 0 Å². The number of fused-ring (bicyclic) bond motifs is 2. The average molecular weight is 295 g/mol. The van der Waals surface area contributed by atoms with Crippen molar-refractivity contribution in [1.29, 1.82) is 0 Å². The standard InChI is InChI=1S/C15H19BrO/c16-14-5-3-11(4-6-14)15(17)9-13-8-10-1-2-12(13)7-10/h3-6,10,12-13,15,17H,1-2,7-9H2. The third-order valence-corrected chi connectivity index (χ3v) is 5.19. The van der Waals surface area contributed by atoms with Crippen LogP contribution >= 0.6 is 15.9 Å². The summed E-state index contributed by atoms with van der Waals surface area (Å²) in [5.74, 6) is 2.65. The Bertz CT molecular complexity index is 386. The van der Waals surface area contributed by atoms with Gasteiger partial charge < -0.3 is 5.11 Å². The van der Waals surface area contributed by atoms with Crippen molar-refractivity contribution in [2.75, 3.05) is 0 Å². The molecule has 2 heteroatoms. The molecule has 1 aromatic carbocycles. The number of hydrogen-bond acceptors (Lipinski definition) is 1. The van der Waals surface area contributed by atoms with E-state index in [0.717, 1.165) is 34.2 Å². The van der Waals surface area contributed by atoms with Gasteiger partial charge in [0.25, 0.3) is 0 Å². The van der Waals surface area contributed by atoms with E-state index in [1.807, 2.05) is 24.3 Å². The van der Waals surface area contributed by atoms with E-state index >= 15 is 0 Å². The summed E-state index contributed by atoms with van der Waals surface area (Å²) in [4.78, 5) is 0. The van der Waals surface area contributed by atoms with Crippen LogP contribution in [0.1, 0.15) is 43.8 Å². The zero-order valence-electron chi connectivity index (χ0n) is 9.98. The van der Waals surface area contributed by atoms with E-state index in [0.29, 0.717) is 0 Å². The van der Waals surface area contributed by atoms with E-state index in [2.05, 4.69) is 15.9 Å². The van der Waals surface area contributed by atoms with Crippen molar-refractivity contribution in [3.8, 4) is 0 Å². The molecule has 4 atom stereocenters. The topological polar surface area (TPSA) is 20.2 Å². The number of aliphatic hydroxyl groups excluding tert-OH is 1. The SMILES string of the molecule is OC(CC1CC2CCC1C2)c1ccc(Br)cc1. The Morgan fingerprint density at radius 2 is 1.94 bits per heavy atom. The molecule has 2 fully saturated rings. The molecule has 0 amide bonds. The largest absolute Gasteiger partial charge is 0.388 e. The van der Waals surface area contributed by atoms with E-state index in [4.69, 9.17) is 0 Å². The lowest BCUT2D eigenvalue weighted by Crippen LogP contribution is -2.14. The summed E-state index contributed by atoms with van der Waals surface area (Å²) < 4.78 is 1.08. The van der Waals surface area contributed by atoms with E-state index < -0.39 is 0 Å². The minimum Gasteiger partial charge on any atom is -0.388 e. The van der Waals surface area contributed by atoms with Crippen LogP contribution in [0.25, 0.3) is 0 Å². The van der Waals surface area contributed by atoms with E-state index in [1.54, 1.807) is 0 Å². The Labute approximate surface area is 111 Å². The molecule has 0 saturated heterocycles. The van der Waals surface area contributed by atoms with Gasteiger partial charge in [-0.05, 0) is 61.1 Å². The molecule has 1 nitrogen and oxygen atoms in total. The molecule has 0 aliphatic heterocycles. The predicted octanol–water partition coefficient (Wildman–Crippen LogP) is 4.31. The average Bonchev–Trinajstić information content (AvgIpc) is 2.91. The van der Waals surface area contributed by atoms with Gasteiger partial charge in [-0.3, -0.25) is 0 Å². The first-order valence-electron chi connectivity index (χ1n) is 6.66. The van der Waals surface area contributed by atoms with Gasteiger partial charge in [0.05, 0.1) is 6.10 Å². The van der Waals surface area contributed by atoms with Crippen molar-refractivity contribution < 1.29 is 5.11 Å². The molecule has 17 heavy (non-hydrogen) atoms. The molecule has 0 heterocycles. The van der Waals surface area contributed by atoms with Crippen LogP contribution in [0, 0.1) is 17.8 Å². The van der Waals surface area contributed by atoms with Crippen LogP contribution < -0.4 is 0 Å². The Balaban J connectivity index is 1.63. The molecule has 0 radical (unpaired) electrons. The van der Waals surface area contributed by atoms with Crippen molar-refractivity contribution >= 4 is 15.9 Å². The highest BCUT2D eigenvalue weighted by Crippen LogP contribution is 2.50. The van der Waals surface area contributed by atoms with Gasteiger partial charge in [-0.1, -0.05) is 34.5 Å². The van der Waals surface area contributed by atoms with Crippen molar-refractivity contribution in [2.24, 2.45) is 17.8 Å². The molecule has 1 aromatic rings. The first kappa shape index (κ1) is 11.7. The maximum absolute atomic E-state index is 10.3. The van der Waals surface area contributed by atoms with Gasteiger partial charge in [0.15, 0.2) is 0 Å². The zero-order valence-corrected chi connectivity index (χ0v) is 11.6. The van der Waals surface area contributed by atoms with E-state index in [1.165, 1.54) is 25.7 Å². The molecule has 2 aliphatic rings. The molecule has 2 saturated carbocycles. The van der Waals surface area contributed by atoms with E-state index in [-0.39, 0.29) is 6.10 Å². The number of hydrogen-bond donors (Lipinski definition) is 1. The Hall–Kier alpha value is -0.340. The Morgan fingerprint density at radius 3 is 2.53 bits per heavy atom. The molecule has 3 rings (SSSR count). The van der Waals surface area contributed by atoms with Crippen LogP contribution in [0.3, 0.4) is 0 Å². The van der Waals surface area contributed by atoms with Crippen LogP contribution in [0.15, 0.2) is 28.7 Å². The van der Waals surface area contributed by atoms with Gasteiger partial charge in [-0.2, -0.15) is 0 Å². The van der Waals surface area contributed by atoms with Gasteiger partial charge in [-0.25, -0.2) is 0 Å². The minimum absolute atomic E-state index is 0.271. The smallest absolute Gasteiger partial charge is 0.0792 e. The molecule has 1 N–H and O–H groups in total. The summed E-state index contributed by atoms with van der Waals surface area (Å²) in [7, 11) is 0. The van der Waals surface area contributed by atoms with Crippen molar-refractivity contribution in [3.05, 3.63) is 34.3 Å². The lowest BCUT2D eigenvalue weighted by atomic mass is 9.83. The number of rotatable bonds is 3. The normalized spacial score (nSPS) is 32.9. The van der Waals surface area contributed by atoms with Gasteiger partial charge >= 0.3 is 0 Å². The molecular weight excluding hydrogens is 276 g/mol. The van der Waals surface area contributed by atoms with Crippen LogP contribution in [0.4, 0.5) is 0 Å². The molecule has 2 aliphatic carbocycles. The third-order valence-electron chi connectivity index (χ3n) is 4.67. The third kappa shape index (κ3) is 2.43. The van der Waals surface area contributed by atoms with Crippen LogP contribution in [-0.2, 0) is 0 Å². The first-order chi connectivity index (χ1) is 8.22. The van der Waals surface area contributed by atoms with Gasteiger partial charge in [0.2, 0.25) is 0 Å². The highest BCUT2D eigenvalue weighted by molar-refractivity contribution is 9.10. The van der Waals surface area contributed by atoms with Crippen LogP contribution in [0.5, 0.6) is 0 Å².